The van der Waals surface area contributed by atoms with Gasteiger partial charge in [-0.25, -0.2) is 0 Å². The van der Waals surface area contributed by atoms with Crippen LogP contribution in [0.5, 0.6) is 0 Å². The Morgan fingerprint density at radius 3 is 2.41 bits per heavy atom. The first-order valence-corrected chi connectivity index (χ1v) is 9.46. The van der Waals surface area contributed by atoms with Gasteiger partial charge in [0.1, 0.15) is 0 Å². The number of nitrogens with one attached hydrogen (secondary N) is 1. The molecule has 1 fully saturated rings. The molecule has 27 heavy (non-hydrogen) atoms. The molecule has 0 radical (unpaired) electrons. The van der Waals surface area contributed by atoms with E-state index in [-0.39, 0.29) is 35.2 Å². The standard InChI is InChI=1S/C20H24N2O5/c1-2-3-10-22-18(24)15-9-6-13(11-16(15)19(22)25)17(23)21-14-7-4-12(5-8-14)20(26)27/h6,9,11-12,14H,2-5,7-8,10H2,1H3,(H,21,23)(H,26,27). The molecular formula is C20H24N2O5. The van der Waals surface area contributed by atoms with E-state index in [2.05, 4.69) is 5.32 Å². The Kier molecular flexibility index (Phi) is 5.58. The Balaban J connectivity index is 1.67. The number of amides is 3. The van der Waals surface area contributed by atoms with E-state index in [1.807, 2.05) is 6.92 Å². The summed E-state index contributed by atoms with van der Waals surface area (Å²) in [6.07, 6.45) is 3.96. The van der Waals surface area contributed by atoms with Crippen molar-refractivity contribution in [3.05, 3.63) is 34.9 Å². The van der Waals surface area contributed by atoms with E-state index in [0.717, 1.165) is 12.8 Å². The Morgan fingerprint density at radius 1 is 1.11 bits per heavy atom. The highest BCUT2D eigenvalue weighted by Gasteiger charge is 2.35. The highest BCUT2D eigenvalue weighted by atomic mass is 16.4. The van der Waals surface area contributed by atoms with E-state index in [1.54, 1.807) is 6.07 Å². The van der Waals surface area contributed by atoms with Crippen LogP contribution in [0.15, 0.2) is 18.2 Å². The molecule has 7 heteroatoms. The monoisotopic (exact) mass is 372 g/mol. The summed E-state index contributed by atoms with van der Waals surface area (Å²) >= 11 is 0. The van der Waals surface area contributed by atoms with Gasteiger partial charge in [-0.1, -0.05) is 13.3 Å². The molecule has 2 aliphatic rings. The number of hydrogen-bond donors (Lipinski definition) is 2. The molecule has 0 saturated heterocycles. The van der Waals surface area contributed by atoms with E-state index in [1.165, 1.54) is 17.0 Å². The summed E-state index contributed by atoms with van der Waals surface area (Å²) in [4.78, 5) is 49.6. The van der Waals surface area contributed by atoms with E-state index in [4.69, 9.17) is 5.11 Å². The van der Waals surface area contributed by atoms with Gasteiger partial charge in [-0.2, -0.15) is 0 Å². The molecule has 3 rings (SSSR count). The maximum absolute atomic E-state index is 12.5. The van der Waals surface area contributed by atoms with Crippen LogP contribution in [0, 0.1) is 5.92 Å². The number of fused-ring (bicyclic) bond motifs is 1. The second-order valence-electron chi connectivity index (χ2n) is 7.24. The van der Waals surface area contributed by atoms with Gasteiger partial charge in [0.15, 0.2) is 0 Å². The summed E-state index contributed by atoms with van der Waals surface area (Å²) in [5, 5.41) is 12.0. The molecule has 144 valence electrons. The maximum Gasteiger partial charge on any atom is 0.306 e. The van der Waals surface area contributed by atoms with Gasteiger partial charge in [0.2, 0.25) is 0 Å². The van der Waals surface area contributed by atoms with Crippen LogP contribution in [0.4, 0.5) is 0 Å². The Bertz CT molecular complexity index is 781. The van der Waals surface area contributed by atoms with Crippen molar-refractivity contribution < 1.29 is 24.3 Å². The Hall–Kier alpha value is -2.70. The van der Waals surface area contributed by atoms with Crippen LogP contribution in [0.3, 0.4) is 0 Å². The van der Waals surface area contributed by atoms with Gasteiger partial charge >= 0.3 is 5.97 Å². The molecule has 1 aliphatic carbocycles. The molecule has 0 bridgehead atoms. The minimum atomic E-state index is -0.783. The predicted molar refractivity (Wildman–Crippen MR) is 97.6 cm³/mol. The minimum Gasteiger partial charge on any atom is -0.481 e. The molecule has 1 aromatic rings. The van der Waals surface area contributed by atoms with Gasteiger partial charge in [0, 0.05) is 18.2 Å². The third-order valence-corrected chi connectivity index (χ3v) is 5.38. The second kappa shape index (κ2) is 7.90. The smallest absolute Gasteiger partial charge is 0.306 e. The van der Waals surface area contributed by atoms with Crippen molar-refractivity contribution in [1.82, 2.24) is 10.2 Å². The van der Waals surface area contributed by atoms with Crippen LogP contribution < -0.4 is 5.32 Å². The summed E-state index contributed by atoms with van der Waals surface area (Å²) in [5.74, 6) is -2.07. The number of aliphatic carboxylic acids is 1. The SMILES string of the molecule is CCCCN1C(=O)c2ccc(C(=O)NC3CCC(C(=O)O)CC3)cc2C1=O. The van der Waals surface area contributed by atoms with E-state index < -0.39 is 5.97 Å². The lowest BCUT2D eigenvalue weighted by atomic mass is 9.86. The largest absolute Gasteiger partial charge is 0.481 e. The number of rotatable bonds is 6. The zero-order valence-electron chi connectivity index (χ0n) is 15.4. The van der Waals surface area contributed by atoms with Crippen LogP contribution in [0.2, 0.25) is 0 Å². The molecule has 0 aromatic heterocycles. The third-order valence-electron chi connectivity index (χ3n) is 5.38. The van der Waals surface area contributed by atoms with Crippen LogP contribution in [0.25, 0.3) is 0 Å². The zero-order valence-corrected chi connectivity index (χ0v) is 15.4. The number of carbonyl (C=O) groups is 4. The average Bonchev–Trinajstić information content (AvgIpc) is 2.90. The van der Waals surface area contributed by atoms with Crippen LogP contribution in [0.1, 0.15) is 76.5 Å². The Labute approximate surface area is 157 Å². The normalized spacial score (nSPS) is 21.9. The van der Waals surface area contributed by atoms with Crippen molar-refractivity contribution in [2.75, 3.05) is 6.54 Å². The van der Waals surface area contributed by atoms with E-state index in [0.29, 0.717) is 43.4 Å². The number of nitrogens with zero attached hydrogens (tertiary/aromatic N) is 1. The van der Waals surface area contributed by atoms with Crippen LogP contribution >= 0.6 is 0 Å². The van der Waals surface area contributed by atoms with Crippen molar-refractivity contribution in [3.8, 4) is 0 Å². The molecular weight excluding hydrogens is 348 g/mol. The third kappa shape index (κ3) is 3.86. The molecule has 7 nitrogen and oxygen atoms in total. The van der Waals surface area contributed by atoms with Crippen molar-refractivity contribution in [1.29, 1.82) is 0 Å². The summed E-state index contributed by atoms with van der Waals surface area (Å²) in [5.41, 5.74) is 0.959. The first-order chi connectivity index (χ1) is 12.9. The lowest BCUT2D eigenvalue weighted by Gasteiger charge is -2.26. The van der Waals surface area contributed by atoms with Gasteiger partial charge in [-0.15, -0.1) is 0 Å². The average molecular weight is 372 g/mol. The van der Waals surface area contributed by atoms with Gasteiger partial charge in [-0.3, -0.25) is 24.1 Å². The second-order valence-corrected chi connectivity index (χ2v) is 7.24. The Morgan fingerprint density at radius 2 is 1.78 bits per heavy atom. The van der Waals surface area contributed by atoms with Gasteiger partial charge in [0.25, 0.3) is 17.7 Å². The molecule has 0 spiro atoms. The number of carboxylic acids is 1. The topological polar surface area (TPSA) is 104 Å². The molecule has 3 amide bonds. The summed E-state index contributed by atoms with van der Waals surface area (Å²) in [6.45, 7) is 2.38. The highest BCUT2D eigenvalue weighted by molar-refractivity contribution is 6.22. The molecule has 1 aliphatic heterocycles. The predicted octanol–water partition coefficient (Wildman–Crippen LogP) is 2.46. The van der Waals surface area contributed by atoms with Crippen LogP contribution in [-0.2, 0) is 4.79 Å². The molecule has 1 aromatic carbocycles. The fourth-order valence-electron chi connectivity index (χ4n) is 3.70. The number of imide groups is 1. The molecule has 0 atom stereocenters. The number of hydrogen-bond acceptors (Lipinski definition) is 4. The number of benzene rings is 1. The van der Waals surface area contributed by atoms with Crippen molar-refractivity contribution in [2.45, 2.75) is 51.5 Å². The lowest BCUT2D eigenvalue weighted by molar-refractivity contribution is -0.142. The van der Waals surface area contributed by atoms with Gasteiger partial charge in [-0.05, 0) is 50.3 Å². The van der Waals surface area contributed by atoms with Crippen molar-refractivity contribution in [2.24, 2.45) is 5.92 Å². The van der Waals surface area contributed by atoms with Crippen LogP contribution in [-0.4, -0.2) is 46.3 Å². The fraction of sp³-hybridized carbons (Fsp3) is 0.500. The first kappa shape index (κ1) is 19.1. The van der Waals surface area contributed by atoms with E-state index in [9.17, 15) is 19.2 Å². The first-order valence-electron chi connectivity index (χ1n) is 9.46. The lowest BCUT2D eigenvalue weighted by Crippen LogP contribution is -2.38. The molecule has 1 heterocycles. The van der Waals surface area contributed by atoms with Gasteiger partial charge < -0.3 is 10.4 Å². The molecule has 0 unspecified atom stereocenters. The quantitative estimate of drug-likeness (QED) is 0.747. The summed E-state index contributed by atoms with van der Waals surface area (Å²) < 4.78 is 0. The summed E-state index contributed by atoms with van der Waals surface area (Å²) in [6, 6.07) is 4.52. The number of unbranched alkanes of at least 4 members (excludes halogenated alkanes) is 1. The molecule has 1 saturated carbocycles. The minimum absolute atomic E-state index is 0.0697. The number of carboxylic acid groups (broad SMARTS) is 1. The summed E-state index contributed by atoms with van der Waals surface area (Å²) in [7, 11) is 0. The fourth-order valence-corrected chi connectivity index (χ4v) is 3.70. The number of carbonyl (C=O) groups excluding carboxylic acids is 3. The van der Waals surface area contributed by atoms with Gasteiger partial charge in [0.05, 0.1) is 17.0 Å². The highest BCUT2D eigenvalue weighted by Crippen LogP contribution is 2.26. The maximum atomic E-state index is 12.5. The van der Waals surface area contributed by atoms with E-state index >= 15 is 0 Å². The van der Waals surface area contributed by atoms with Crippen molar-refractivity contribution in [3.63, 3.8) is 0 Å². The van der Waals surface area contributed by atoms with Crippen molar-refractivity contribution >= 4 is 23.7 Å². The zero-order chi connectivity index (χ0) is 19.6. The molecule has 2 N–H and O–H groups in total.